The third kappa shape index (κ3) is 4.19. The quantitative estimate of drug-likeness (QED) is 0.827. The Morgan fingerprint density at radius 2 is 1.87 bits per heavy atom. The molecule has 118 valence electrons. The zero-order valence-electron chi connectivity index (χ0n) is 12.5. The summed E-state index contributed by atoms with van der Waals surface area (Å²) in [6, 6.07) is 12.6. The molecule has 0 bridgehead atoms. The molecule has 23 heavy (non-hydrogen) atoms. The van der Waals surface area contributed by atoms with Gasteiger partial charge in [-0.25, -0.2) is 13.1 Å². The highest BCUT2D eigenvalue weighted by atomic mass is 32.2. The van der Waals surface area contributed by atoms with Crippen molar-refractivity contribution >= 4 is 21.6 Å². The second kappa shape index (κ2) is 7.09. The summed E-state index contributed by atoms with van der Waals surface area (Å²) in [6.45, 7) is 2.00. The predicted molar refractivity (Wildman–Crippen MR) is 89.6 cm³/mol. The van der Waals surface area contributed by atoms with Gasteiger partial charge in [-0.15, -0.1) is 6.42 Å². The van der Waals surface area contributed by atoms with E-state index in [0.29, 0.717) is 23.4 Å². The summed E-state index contributed by atoms with van der Waals surface area (Å²) in [5, 5.41) is 2.72. The number of amides is 1. The Balaban J connectivity index is 2.16. The fourth-order valence-electron chi connectivity index (χ4n) is 1.95. The molecule has 0 aliphatic rings. The van der Waals surface area contributed by atoms with E-state index < -0.39 is 10.0 Å². The Bertz CT molecular complexity index is 850. The number of carbonyl (C=O) groups is 1. The first-order valence-electron chi connectivity index (χ1n) is 6.94. The van der Waals surface area contributed by atoms with Gasteiger partial charge >= 0.3 is 0 Å². The fraction of sp³-hybridized carbons (Fsp3) is 0.118. The topological polar surface area (TPSA) is 75.3 Å². The zero-order chi connectivity index (χ0) is 16.9. The van der Waals surface area contributed by atoms with Crippen molar-refractivity contribution in [2.24, 2.45) is 0 Å². The number of carbonyl (C=O) groups excluding carboxylic acids is 1. The van der Waals surface area contributed by atoms with Crippen molar-refractivity contribution in [3.05, 3.63) is 59.7 Å². The summed E-state index contributed by atoms with van der Waals surface area (Å²) in [5.41, 5.74) is 1.59. The number of benzene rings is 2. The maximum absolute atomic E-state index is 12.2. The second-order valence-corrected chi connectivity index (χ2v) is 6.47. The standard InChI is InChI=1S/C17H16N2O3S/c1-3-13-6-5-7-15(12-13)19-17(20)14-8-10-16(11-9-14)23(21,22)18-4-2/h1,5-12,18H,4H2,2H3,(H,19,20). The van der Waals surface area contributed by atoms with Crippen LogP contribution in [0.2, 0.25) is 0 Å². The maximum atomic E-state index is 12.2. The summed E-state index contributed by atoms with van der Waals surface area (Å²) in [5.74, 6) is 2.15. The molecule has 0 aliphatic heterocycles. The van der Waals surface area contributed by atoms with Gasteiger partial charge in [0.25, 0.3) is 5.91 Å². The van der Waals surface area contributed by atoms with Crippen LogP contribution in [0.1, 0.15) is 22.8 Å². The molecule has 0 unspecified atom stereocenters. The Morgan fingerprint density at radius 3 is 2.48 bits per heavy atom. The zero-order valence-corrected chi connectivity index (χ0v) is 13.4. The molecule has 0 saturated carbocycles. The summed E-state index contributed by atoms with van der Waals surface area (Å²) in [4.78, 5) is 12.3. The third-order valence-electron chi connectivity index (χ3n) is 3.05. The number of hydrogen-bond acceptors (Lipinski definition) is 3. The first kappa shape index (κ1) is 16.7. The highest BCUT2D eigenvalue weighted by Crippen LogP contribution is 2.14. The minimum Gasteiger partial charge on any atom is -0.322 e. The van der Waals surface area contributed by atoms with E-state index in [2.05, 4.69) is 16.0 Å². The average Bonchev–Trinajstić information content (AvgIpc) is 2.55. The lowest BCUT2D eigenvalue weighted by Crippen LogP contribution is -2.23. The van der Waals surface area contributed by atoms with E-state index >= 15 is 0 Å². The molecule has 2 rings (SSSR count). The molecule has 0 fully saturated rings. The van der Waals surface area contributed by atoms with E-state index in [1.165, 1.54) is 24.3 Å². The summed E-state index contributed by atoms with van der Waals surface area (Å²) in [6.07, 6.45) is 5.32. The average molecular weight is 328 g/mol. The van der Waals surface area contributed by atoms with Crippen LogP contribution in [-0.2, 0) is 10.0 Å². The molecule has 2 aromatic rings. The normalized spacial score (nSPS) is 10.8. The lowest BCUT2D eigenvalue weighted by molar-refractivity contribution is 0.102. The molecule has 0 aromatic heterocycles. The summed E-state index contributed by atoms with van der Waals surface area (Å²) in [7, 11) is -3.52. The van der Waals surface area contributed by atoms with Crippen LogP contribution in [0.5, 0.6) is 0 Å². The van der Waals surface area contributed by atoms with Crippen molar-refractivity contribution in [2.45, 2.75) is 11.8 Å². The van der Waals surface area contributed by atoms with Crippen molar-refractivity contribution in [3.63, 3.8) is 0 Å². The van der Waals surface area contributed by atoms with Crippen LogP contribution in [0.4, 0.5) is 5.69 Å². The molecule has 2 N–H and O–H groups in total. The SMILES string of the molecule is C#Cc1cccc(NC(=O)c2ccc(S(=O)(=O)NCC)cc2)c1. The molecule has 0 spiro atoms. The molecular weight excluding hydrogens is 312 g/mol. The van der Waals surface area contributed by atoms with Crippen molar-refractivity contribution < 1.29 is 13.2 Å². The van der Waals surface area contributed by atoms with E-state index in [1.807, 2.05) is 0 Å². The van der Waals surface area contributed by atoms with Gasteiger partial charge in [-0.1, -0.05) is 18.9 Å². The first-order valence-corrected chi connectivity index (χ1v) is 8.42. The van der Waals surface area contributed by atoms with Crippen LogP contribution in [0.25, 0.3) is 0 Å². The van der Waals surface area contributed by atoms with Gasteiger partial charge in [-0.05, 0) is 42.5 Å². The van der Waals surface area contributed by atoms with Crippen molar-refractivity contribution in [1.29, 1.82) is 0 Å². The molecule has 0 atom stereocenters. The van der Waals surface area contributed by atoms with Crippen LogP contribution in [0, 0.1) is 12.3 Å². The number of anilines is 1. The van der Waals surface area contributed by atoms with Crippen molar-refractivity contribution in [2.75, 3.05) is 11.9 Å². The number of hydrogen-bond donors (Lipinski definition) is 2. The molecule has 6 heteroatoms. The monoisotopic (exact) mass is 328 g/mol. The Hall–Kier alpha value is -2.62. The molecule has 2 aromatic carbocycles. The van der Waals surface area contributed by atoms with E-state index in [0.717, 1.165) is 0 Å². The molecular formula is C17H16N2O3S. The largest absolute Gasteiger partial charge is 0.322 e. The minimum absolute atomic E-state index is 0.116. The summed E-state index contributed by atoms with van der Waals surface area (Å²) < 4.78 is 26.1. The number of nitrogens with one attached hydrogen (secondary N) is 2. The van der Waals surface area contributed by atoms with Crippen LogP contribution in [-0.4, -0.2) is 20.9 Å². The van der Waals surface area contributed by atoms with Crippen LogP contribution < -0.4 is 10.0 Å². The molecule has 5 nitrogen and oxygen atoms in total. The molecule has 1 amide bonds. The lowest BCUT2D eigenvalue weighted by Gasteiger charge is -2.07. The van der Waals surface area contributed by atoms with Gasteiger partial charge in [0.15, 0.2) is 0 Å². The lowest BCUT2D eigenvalue weighted by atomic mass is 10.2. The van der Waals surface area contributed by atoms with Crippen LogP contribution in [0.15, 0.2) is 53.4 Å². The highest BCUT2D eigenvalue weighted by Gasteiger charge is 2.13. The van der Waals surface area contributed by atoms with Gasteiger partial charge in [-0.3, -0.25) is 4.79 Å². The van der Waals surface area contributed by atoms with Gasteiger partial charge in [-0.2, -0.15) is 0 Å². The van der Waals surface area contributed by atoms with Gasteiger partial charge in [0.05, 0.1) is 4.90 Å². The van der Waals surface area contributed by atoms with Crippen LogP contribution in [0.3, 0.4) is 0 Å². The number of sulfonamides is 1. The minimum atomic E-state index is -3.52. The number of rotatable bonds is 5. The first-order chi connectivity index (χ1) is 11.0. The van der Waals surface area contributed by atoms with Crippen molar-refractivity contribution in [3.8, 4) is 12.3 Å². The number of terminal acetylenes is 1. The fourth-order valence-corrected chi connectivity index (χ4v) is 2.99. The maximum Gasteiger partial charge on any atom is 0.255 e. The summed E-state index contributed by atoms with van der Waals surface area (Å²) >= 11 is 0. The molecule has 0 saturated heterocycles. The van der Waals surface area contributed by atoms with E-state index in [4.69, 9.17) is 6.42 Å². The second-order valence-electron chi connectivity index (χ2n) is 4.70. The smallest absolute Gasteiger partial charge is 0.255 e. The van der Waals surface area contributed by atoms with Crippen molar-refractivity contribution in [1.82, 2.24) is 4.72 Å². The van der Waals surface area contributed by atoms with Gasteiger partial charge in [0, 0.05) is 23.4 Å². The van der Waals surface area contributed by atoms with Crippen LogP contribution >= 0.6 is 0 Å². The van der Waals surface area contributed by atoms with Gasteiger partial charge < -0.3 is 5.32 Å². The molecule has 0 aliphatic carbocycles. The van der Waals surface area contributed by atoms with E-state index in [9.17, 15) is 13.2 Å². The van der Waals surface area contributed by atoms with E-state index in [-0.39, 0.29) is 10.8 Å². The van der Waals surface area contributed by atoms with E-state index in [1.54, 1.807) is 31.2 Å². The Kier molecular flexibility index (Phi) is 5.16. The predicted octanol–water partition coefficient (Wildman–Crippen LogP) is 2.22. The Labute approximate surface area is 135 Å². The molecule has 0 heterocycles. The third-order valence-corrected chi connectivity index (χ3v) is 4.61. The van der Waals surface area contributed by atoms with Gasteiger partial charge in [0.2, 0.25) is 10.0 Å². The highest BCUT2D eigenvalue weighted by molar-refractivity contribution is 7.89. The Morgan fingerprint density at radius 1 is 1.17 bits per heavy atom. The van der Waals surface area contributed by atoms with Gasteiger partial charge in [0.1, 0.15) is 0 Å². The molecule has 0 radical (unpaired) electrons.